The number of hydrogen-bond donors (Lipinski definition) is 3. The fourth-order valence-corrected chi connectivity index (χ4v) is 4.94. The molecule has 4 heterocycles. The molecule has 0 spiro atoms. The number of anilines is 2. The van der Waals surface area contributed by atoms with Crippen LogP contribution in [0, 0.1) is 0 Å². The van der Waals surface area contributed by atoms with Crippen LogP contribution in [-0.2, 0) is 12.8 Å². The number of nitrogens with zero attached hydrogens (tertiary/aromatic N) is 8. The van der Waals surface area contributed by atoms with E-state index in [2.05, 4.69) is 88.6 Å². The number of aromatic hydroxyl groups is 1. The molecule has 0 saturated heterocycles. The molecule has 0 radical (unpaired) electrons. The van der Waals surface area contributed by atoms with Crippen molar-refractivity contribution in [1.29, 1.82) is 0 Å². The fourth-order valence-electron chi connectivity index (χ4n) is 4.94. The molecule has 0 aliphatic carbocycles. The number of hydrogen-bond acceptors (Lipinski definition) is 12. The average Bonchev–Trinajstić information content (AvgIpc) is 3.14. The van der Waals surface area contributed by atoms with Crippen LogP contribution in [0.2, 0.25) is 0 Å². The standard InChI is InChI=1S/C23H23N5O.C14H13N5O/c1-16(2)18-5-9-20(10-6-18)29-19-7-3-17(4-8-19)11-12-25-22-21-23(28-15-27-22)26-14-13-24-21;20-11-3-1-10(2-4-11)5-6-16-13-12-14(19-9-18-13)17-8-7-15-12/h3-10,13-16H,11-12H2,1-2H3,(H,25,26,27,28);1-4,7-9,20H,5-6H2,(H,16,17,18,19). The lowest BCUT2D eigenvalue weighted by Crippen LogP contribution is -2.07. The molecule has 12 heteroatoms. The second kappa shape index (κ2) is 16.0. The van der Waals surface area contributed by atoms with Gasteiger partial charge in [0.05, 0.1) is 0 Å². The van der Waals surface area contributed by atoms with E-state index in [0.717, 1.165) is 36.4 Å². The molecule has 0 bridgehead atoms. The highest BCUT2D eigenvalue weighted by Gasteiger charge is 2.07. The molecule has 7 rings (SSSR count). The molecule has 3 aromatic carbocycles. The number of aromatic nitrogens is 8. The molecular formula is C37H36N10O2. The lowest BCUT2D eigenvalue weighted by Gasteiger charge is -2.10. The maximum atomic E-state index is 9.23. The van der Waals surface area contributed by atoms with Crippen LogP contribution in [-0.4, -0.2) is 58.1 Å². The van der Waals surface area contributed by atoms with Gasteiger partial charge < -0.3 is 20.5 Å². The summed E-state index contributed by atoms with van der Waals surface area (Å²) in [7, 11) is 0. The zero-order chi connectivity index (χ0) is 33.8. The van der Waals surface area contributed by atoms with Gasteiger partial charge in [-0.15, -0.1) is 0 Å². The van der Waals surface area contributed by atoms with Gasteiger partial charge in [0.15, 0.2) is 22.9 Å². The second-order valence-electron chi connectivity index (χ2n) is 11.4. The SMILES string of the molecule is CC(C)c1ccc(Oc2ccc(CCNc3ncnc4nccnc34)cc2)cc1.Oc1ccc(CCNc2ncnc3nccnc23)cc1. The van der Waals surface area contributed by atoms with Crippen LogP contribution in [0.25, 0.3) is 22.3 Å². The van der Waals surface area contributed by atoms with Crippen LogP contribution >= 0.6 is 0 Å². The fraction of sp³-hybridized carbons (Fsp3) is 0.189. The minimum Gasteiger partial charge on any atom is -0.508 e. The Bertz CT molecular complexity index is 2080. The minimum absolute atomic E-state index is 0.277. The monoisotopic (exact) mass is 652 g/mol. The van der Waals surface area contributed by atoms with Gasteiger partial charge in [-0.2, -0.15) is 0 Å². The zero-order valence-corrected chi connectivity index (χ0v) is 27.2. The Labute approximate surface area is 283 Å². The predicted octanol–water partition coefficient (Wildman–Crippen LogP) is 6.77. The van der Waals surface area contributed by atoms with Gasteiger partial charge >= 0.3 is 0 Å². The topological polar surface area (TPSA) is 157 Å². The molecule has 7 aromatic rings. The average molecular weight is 653 g/mol. The molecule has 3 N–H and O–H groups in total. The summed E-state index contributed by atoms with van der Waals surface area (Å²) in [6.45, 7) is 5.82. The van der Waals surface area contributed by atoms with Gasteiger partial charge in [-0.05, 0) is 71.8 Å². The van der Waals surface area contributed by atoms with E-state index >= 15 is 0 Å². The summed E-state index contributed by atoms with van der Waals surface area (Å²) in [5.74, 6) is 3.86. The van der Waals surface area contributed by atoms with Crippen molar-refractivity contribution in [2.75, 3.05) is 23.7 Å². The van der Waals surface area contributed by atoms with E-state index in [1.807, 2.05) is 36.4 Å². The predicted molar refractivity (Wildman–Crippen MR) is 190 cm³/mol. The number of nitrogens with one attached hydrogen (secondary N) is 2. The van der Waals surface area contributed by atoms with E-state index in [-0.39, 0.29) is 5.75 Å². The molecule has 246 valence electrons. The maximum Gasteiger partial charge on any atom is 0.183 e. The third-order valence-electron chi connectivity index (χ3n) is 7.59. The van der Waals surface area contributed by atoms with Crippen molar-refractivity contribution in [1.82, 2.24) is 39.9 Å². The van der Waals surface area contributed by atoms with Crippen molar-refractivity contribution in [3.63, 3.8) is 0 Å². The summed E-state index contributed by atoms with van der Waals surface area (Å²) < 4.78 is 5.94. The first-order valence-corrected chi connectivity index (χ1v) is 16.0. The van der Waals surface area contributed by atoms with Gasteiger partial charge in [0, 0.05) is 37.9 Å². The Morgan fingerprint density at radius 2 is 1.00 bits per heavy atom. The van der Waals surface area contributed by atoms with Gasteiger partial charge in [-0.3, -0.25) is 0 Å². The van der Waals surface area contributed by atoms with Crippen molar-refractivity contribution < 1.29 is 9.84 Å². The largest absolute Gasteiger partial charge is 0.508 e. The van der Waals surface area contributed by atoms with Crippen molar-refractivity contribution in [2.45, 2.75) is 32.6 Å². The van der Waals surface area contributed by atoms with Gasteiger partial charge in [0.1, 0.15) is 40.9 Å². The lowest BCUT2D eigenvalue weighted by molar-refractivity contribution is 0.475. The smallest absolute Gasteiger partial charge is 0.183 e. The molecular weight excluding hydrogens is 616 g/mol. The Morgan fingerprint density at radius 1 is 0.551 bits per heavy atom. The second-order valence-corrected chi connectivity index (χ2v) is 11.4. The highest BCUT2D eigenvalue weighted by molar-refractivity contribution is 5.82. The third kappa shape index (κ3) is 8.95. The summed E-state index contributed by atoms with van der Waals surface area (Å²) in [5.41, 5.74) is 6.18. The normalized spacial score (nSPS) is 10.8. The molecule has 0 atom stereocenters. The Hall–Kier alpha value is -6.30. The third-order valence-corrected chi connectivity index (χ3v) is 7.59. The highest BCUT2D eigenvalue weighted by Crippen LogP contribution is 2.24. The number of fused-ring (bicyclic) bond motifs is 2. The minimum atomic E-state index is 0.277. The van der Waals surface area contributed by atoms with Crippen LogP contribution in [0.5, 0.6) is 17.2 Å². The molecule has 4 aromatic heterocycles. The van der Waals surface area contributed by atoms with Gasteiger partial charge in [-0.25, -0.2) is 39.9 Å². The first-order chi connectivity index (χ1) is 24.0. The molecule has 0 amide bonds. The highest BCUT2D eigenvalue weighted by atomic mass is 16.5. The summed E-state index contributed by atoms with van der Waals surface area (Å²) in [6.07, 6.45) is 11.2. The van der Waals surface area contributed by atoms with Crippen LogP contribution in [0.3, 0.4) is 0 Å². The van der Waals surface area contributed by atoms with E-state index in [4.69, 9.17) is 4.74 Å². The summed E-state index contributed by atoms with van der Waals surface area (Å²) >= 11 is 0. The summed E-state index contributed by atoms with van der Waals surface area (Å²) in [5, 5.41) is 15.8. The van der Waals surface area contributed by atoms with Crippen molar-refractivity contribution in [2.24, 2.45) is 0 Å². The van der Waals surface area contributed by atoms with Crippen LogP contribution in [0.1, 0.15) is 36.5 Å². The number of rotatable bonds is 11. The zero-order valence-electron chi connectivity index (χ0n) is 27.2. The molecule has 0 saturated carbocycles. The Kier molecular flexibility index (Phi) is 10.7. The number of benzene rings is 3. The Balaban J connectivity index is 0.000000182. The first kappa shape index (κ1) is 32.6. The lowest BCUT2D eigenvalue weighted by atomic mass is 10.0. The van der Waals surface area contributed by atoms with E-state index in [1.54, 1.807) is 36.9 Å². The summed E-state index contributed by atoms with van der Waals surface area (Å²) in [6, 6.07) is 23.6. The van der Waals surface area contributed by atoms with Crippen LogP contribution in [0.4, 0.5) is 11.6 Å². The molecule has 12 nitrogen and oxygen atoms in total. The van der Waals surface area contributed by atoms with Crippen LogP contribution in [0.15, 0.2) is 110 Å². The van der Waals surface area contributed by atoms with Gasteiger partial charge in [0.25, 0.3) is 0 Å². The maximum absolute atomic E-state index is 9.23. The molecule has 0 fully saturated rings. The molecule has 0 aliphatic heterocycles. The van der Waals surface area contributed by atoms with Gasteiger partial charge in [-0.1, -0.05) is 50.2 Å². The van der Waals surface area contributed by atoms with Crippen molar-refractivity contribution in [3.05, 3.63) is 127 Å². The van der Waals surface area contributed by atoms with E-state index in [9.17, 15) is 5.11 Å². The summed E-state index contributed by atoms with van der Waals surface area (Å²) in [4.78, 5) is 33.5. The number of phenols is 1. The van der Waals surface area contributed by atoms with Crippen molar-refractivity contribution in [3.8, 4) is 17.2 Å². The van der Waals surface area contributed by atoms with E-state index in [1.165, 1.54) is 23.8 Å². The van der Waals surface area contributed by atoms with Crippen LogP contribution < -0.4 is 15.4 Å². The molecule has 0 unspecified atom stereocenters. The van der Waals surface area contributed by atoms with E-state index in [0.29, 0.717) is 46.4 Å². The molecule has 0 aliphatic rings. The van der Waals surface area contributed by atoms with E-state index < -0.39 is 0 Å². The van der Waals surface area contributed by atoms with Gasteiger partial charge in [0.2, 0.25) is 0 Å². The Morgan fingerprint density at radius 3 is 1.49 bits per heavy atom. The quantitative estimate of drug-likeness (QED) is 0.135. The van der Waals surface area contributed by atoms with Crippen molar-refractivity contribution >= 4 is 34.0 Å². The molecule has 49 heavy (non-hydrogen) atoms. The first-order valence-electron chi connectivity index (χ1n) is 16.0. The number of phenolic OH excluding ortho intramolecular Hbond substituents is 1. The number of ether oxygens (including phenoxy) is 1.